The predicted molar refractivity (Wildman–Crippen MR) is 184 cm³/mol. The molecule has 276 valence electrons. The summed E-state index contributed by atoms with van der Waals surface area (Å²) in [6.45, 7) is 1.01. The first-order chi connectivity index (χ1) is 24.5. The monoisotopic (exact) mass is 724 g/mol. The number of carbonyl (C=O) groups excluding carboxylic acids is 5. The van der Waals surface area contributed by atoms with Gasteiger partial charge in [0, 0.05) is 44.4 Å². The maximum Gasteiger partial charge on any atom is 0.408 e. The van der Waals surface area contributed by atoms with Gasteiger partial charge < -0.3 is 25.2 Å². The van der Waals surface area contributed by atoms with E-state index in [1.807, 2.05) is 18.2 Å². The normalized spacial score (nSPS) is 30.6. The molecular weight excluding hydrogens is 676 g/mol. The Morgan fingerprint density at radius 1 is 1.00 bits per heavy atom. The van der Waals surface area contributed by atoms with Crippen molar-refractivity contribution >= 4 is 39.7 Å². The van der Waals surface area contributed by atoms with Gasteiger partial charge in [0.25, 0.3) is 5.91 Å². The average molecular weight is 725 g/mol. The van der Waals surface area contributed by atoms with Gasteiger partial charge in [-0.3, -0.25) is 28.9 Å². The fourth-order valence-electron chi connectivity index (χ4n) is 8.14. The Kier molecular flexibility index (Phi) is 10.1. The molecule has 0 aromatic carbocycles. The fourth-order valence-corrected chi connectivity index (χ4v) is 9.51. The van der Waals surface area contributed by atoms with E-state index in [9.17, 15) is 32.4 Å². The van der Waals surface area contributed by atoms with E-state index in [-0.39, 0.29) is 43.7 Å². The van der Waals surface area contributed by atoms with E-state index < -0.39 is 62.6 Å². The number of rotatable bonds is 7. The maximum atomic E-state index is 14.4. The van der Waals surface area contributed by atoms with E-state index >= 15 is 0 Å². The summed E-state index contributed by atoms with van der Waals surface area (Å²) in [6.07, 6.45) is 14.7. The van der Waals surface area contributed by atoms with Crippen LogP contribution in [0.5, 0.6) is 0 Å². The van der Waals surface area contributed by atoms with Crippen molar-refractivity contribution in [2.45, 2.75) is 132 Å². The molecule has 1 aromatic rings. The molecule has 3 aliphatic heterocycles. The van der Waals surface area contributed by atoms with Crippen molar-refractivity contribution in [3.8, 4) is 0 Å². The van der Waals surface area contributed by atoms with Gasteiger partial charge in [0.1, 0.15) is 23.7 Å². The van der Waals surface area contributed by atoms with Crippen LogP contribution in [0.1, 0.15) is 101 Å². The highest BCUT2D eigenvalue weighted by Gasteiger charge is 2.62. The first-order valence-corrected chi connectivity index (χ1v) is 20.1. The third-order valence-electron chi connectivity index (χ3n) is 11.4. The molecule has 0 spiro atoms. The number of amides is 5. The lowest BCUT2D eigenvalue weighted by atomic mass is 10.00. The van der Waals surface area contributed by atoms with E-state index in [1.54, 1.807) is 17.3 Å². The minimum absolute atomic E-state index is 0.102. The van der Waals surface area contributed by atoms with Crippen LogP contribution < -0.4 is 15.4 Å². The minimum Gasteiger partial charge on any atom is -0.446 e. The molecule has 5 amide bonds. The zero-order chi connectivity index (χ0) is 35.8. The summed E-state index contributed by atoms with van der Waals surface area (Å²) in [4.78, 5) is 76.2. The van der Waals surface area contributed by atoms with Gasteiger partial charge in [-0.25, -0.2) is 13.2 Å². The van der Waals surface area contributed by atoms with Crippen molar-refractivity contribution in [1.82, 2.24) is 30.1 Å². The van der Waals surface area contributed by atoms with Gasteiger partial charge in [-0.1, -0.05) is 25.0 Å². The molecule has 6 aliphatic rings. The molecule has 0 unspecified atom stereocenters. The molecule has 5 atom stereocenters. The number of hydrogen-bond donors (Lipinski definition) is 3. The Morgan fingerprint density at radius 3 is 2.53 bits per heavy atom. The Balaban J connectivity index is 1.12. The number of sulfonamides is 1. The number of carbonyl (C=O) groups is 5. The molecule has 14 nitrogen and oxygen atoms in total. The quantitative estimate of drug-likeness (QED) is 0.356. The summed E-state index contributed by atoms with van der Waals surface area (Å²) < 4.78 is 33.4. The van der Waals surface area contributed by atoms with E-state index in [0.29, 0.717) is 45.2 Å². The number of fused-ring (bicyclic) bond motifs is 3. The number of allylic oxidation sites excluding steroid dienone is 1. The average Bonchev–Trinajstić information content (AvgIpc) is 3.88. The van der Waals surface area contributed by atoms with Crippen LogP contribution in [0.2, 0.25) is 0 Å². The van der Waals surface area contributed by atoms with Crippen LogP contribution in [0.3, 0.4) is 0 Å². The standard InChI is InChI=1S/C36H48N6O8S/c43-31(41-21-24-14-15-37-19-25(24)22-41)17-23-16-30-32(44)39-36(34(46)40-51(48,49)28-12-13-28)18-26(36)8-4-2-1-3-5-11-29(33(45)42(30)20-23)38-35(47)50-27-9-6-7-10-27/h4,8,14-15,19,23,26-30H,1-3,5-7,9-13,16-18,20-22H2,(H,38,47)(H,39,44)(H,40,46)/b8-4-/t23-,26+,29-,30-,36+/m0/s1. The number of nitrogens with zero attached hydrogens (tertiary/aromatic N) is 3. The second kappa shape index (κ2) is 14.5. The highest BCUT2D eigenvalue weighted by molar-refractivity contribution is 7.91. The maximum absolute atomic E-state index is 14.4. The zero-order valence-electron chi connectivity index (χ0n) is 28.9. The summed E-state index contributed by atoms with van der Waals surface area (Å²) in [6, 6.07) is -0.0875. The third kappa shape index (κ3) is 7.92. The first-order valence-electron chi connectivity index (χ1n) is 18.5. The Labute approximate surface area is 298 Å². The Hall–Kier alpha value is -4.01. The molecule has 51 heavy (non-hydrogen) atoms. The number of ether oxygens (including phenoxy) is 1. The summed E-state index contributed by atoms with van der Waals surface area (Å²) >= 11 is 0. The third-order valence-corrected chi connectivity index (χ3v) is 13.2. The molecule has 0 bridgehead atoms. The second-order valence-corrected chi connectivity index (χ2v) is 17.2. The Bertz CT molecular complexity index is 1670. The largest absolute Gasteiger partial charge is 0.446 e. The molecule has 0 radical (unpaired) electrons. The molecule has 3 N–H and O–H groups in total. The van der Waals surface area contributed by atoms with Gasteiger partial charge >= 0.3 is 6.09 Å². The van der Waals surface area contributed by atoms with Crippen LogP contribution in [0.25, 0.3) is 0 Å². The number of aromatic nitrogens is 1. The van der Waals surface area contributed by atoms with Gasteiger partial charge in [-0.05, 0) is 93.7 Å². The topological polar surface area (TPSA) is 184 Å². The van der Waals surface area contributed by atoms with Gasteiger partial charge in [-0.2, -0.15) is 0 Å². The lowest BCUT2D eigenvalue weighted by Gasteiger charge is -2.30. The van der Waals surface area contributed by atoms with Crippen LogP contribution in [-0.2, 0) is 47.0 Å². The molecule has 4 fully saturated rings. The summed E-state index contributed by atoms with van der Waals surface area (Å²) in [7, 11) is -3.87. The molecule has 1 aromatic heterocycles. The van der Waals surface area contributed by atoms with Gasteiger partial charge in [0.2, 0.25) is 27.7 Å². The molecule has 15 heteroatoms. The van der Waals surface area contributed by atoms with Crippen LogP contribution in [0.15, 0.2) is 30.6 Å². The van der Waals surface area contributed by atoms with Crippen LogP contribution in [0.4, 0.5) is 4.79 Å². The summed E-state index contributed by atoms with van der Waals surface area (Å²) in [5.74, 6) is -2.68. The van der Waals surface area contributed by atoms with Crippen LogP contribution >= 0.6 is 0 Å². The molecule has 3 saturated carbocycles. The van der Waals surface area contributed by atoms with Crippen LogP contribution in [0, 0.1) is 11.8 Å². The predicted octanol–water partition coefficient (Wildman–Crippen LogP) is 2.57. The van der Waals surface area contributed by atoms with Gasteiger partial charge in [-0.15, -0.1) is 0 Å². The Morgan fingerprint density at radius 2 is 1.76 bits per heavy atom. The van der Waals surface area contributed by atoms with Crippen molar-refractivity contribution in [2.24, 2.45) is 11.8 Å². The number of nitrogens with one attached hydrogen (secondary N) is 3. The second-order valence-electron chi connectivity index (χ2n) is 15.2. The van der Waals surface area contributed by atoms with Crippen molar-refractivity contribution in [1.29, 1.82) is 0 Å². The highest BCUT2D eigenvalue weighted by Crippen LogP contribution is 2.46. The highest BCUT2D eigenvalue weighted by atomic mass is 32.2. The first kappa shape index (κ1) is 35.4. The van der Waals surface area contributed by atoms with Crippen LogP contribution in [-0.4, -0.2) is 88.4 Å². The minimum atomic E-state index is -3.87. The van der Waals surface area contributed by atoms with E-state index in [0.717, 1.165) is 49.7 Å². The van der Waals surface area contributed by atoms with E-state index in [4.69, 9.17) is 4.74 Å². The van der Waals surface area contributed by atoms with E-state index in [1.165, 1.54) is 4.90 Å². The lowest BCUT2D eigenvalue weighted by Crippen LogP contribution is -2.58. The van der Waals surface area contributed by atoms with Crippen molar-refractivity contribution < 1.29 is 37.1 Å². The van der Waals surface area contributed by atoms with Gasteiger partial charge in [0.15, 0.2) is 0 Å². The van der Waals surface area contributed by atoms with Gasteiger partial charge in [0.05, 0.1) is 5.25 Å². The summed E-state index contributed by atoms with van der Waals surface area (Å²) in [5.41, 5.74) is 0.542. The lowest BCUT2D eigenvalue weighted by molar-refractivity contribution is -0.141. The SMILES string of the molecule is O=C(N[C@H]1CCCCC/C=C\[C@@H]2C[C@@]2(C(=O)NS(=O)(=O)C2CC2)NC(=O)[C@@H]2C[C@@H](CC(=O)N3Cc4ccncc4C3)CN2C1=O)OC1CCCC1. The number of alkyl carbamates (subject to hydrolysis) is 1. The molecular formula is C36H48N6O8S. The molecule has 7 rings (SSSR count). The van der Waals surface area contributed by atoms with E-state index in [2.05, 4.69) is 20.3 Å². The molecule has 1 saturated heterocycles. The van der Waals surface area contributed by atoms with Crippen molar-refractivity contribution in [2.75, 3.05) is 6.54 Å². The fraction of sp³-hybridized carbons (Fsp3) is 0.667. The molecule has 3 aliphatic carbocycles. The summed E-state index contributed by atoms with van der Waals surface area (Å²) in [5, 5.41) is 5.06. The van der Waals surface area contributed by atoms with Crippen molar-refractivity contribution in [3.05, 3.63) is 41.7 Å². The smallest absolute Gasteiger partial charge is 0.408 e. The van der Waals surface area contributed by atoms with Crippen molar-refractivity contribution in [3.63, 3.8) is 0 Å². The zero-order valence-corrected chi connectivity index (χ0v) is 29.7. The molecule has 4 heterocycles. The number of pyridine rings is 1. The number of hydrogen-bond acceptors (Lipinski definition) is 9.